The van der Waals surface area contributed by atoms with Crippen molar-refractivity contribution in [1.82, 2.24) is 10.2 Å². The topological polar surface area (TPSA) is 32.3 Å². The van der Waals surface area contributed by atoms with Gasteiger partial charge in [0, 0.05) is 41.1 Å². The van der Waals surface area contributed by atoms with E-state index in [1.807, 2.05) is 0 Å². The predicted molar refractivity (Wildman–Crippen MR) is 133 cm³/mol. The Hall–Kier alpha value is -2.08. The summed E-state index contributed by atoms with van der Waals surface area (Å²) in [6.45, 7) is 3.38. The van der Waals surface area contributed by atoms with Crippen molar-refractivity contribution >= 4 is 40.0 Å². The Labute approximate surface area is 198 Å². The van der Waals surface area contributed by atoms with Crippen LogP contribution in [0.5, 0.6) is 0 Å². The number of nitrogens with one attached hydrogen (secondary N) is 1. The monoisotopic (exact) mass is 470 g/mol. The number of likely N-dealkylation sites (tertiary alicyclic amines) is 1. The van der Waals surface area contributed by atoms with Gasteiger partial charge in [-0.15, -0.1) is 0 Å². The van der Waals surface area contributed by atoms with Crippen LogP contribution in [-0.2, 0) is 17.1 Å². The van der Waals surface area contributed by atoms with Gasteiger partial charge in [0.25, 0.3) is 0 Å². The van der Waals surface area contributed by atoms with Crippen molar-refractivity contribution in [2.24, 2.45) is 5.92 Å². The number of thioether (sulfide) groups is 1. The van der Waals surface area contributed by atoms with Crippen molar-refractivity contribution < 1.29 is 9.18 Å². The van der Waals surface area contributed by atoms with Crippen LogP contribution in [0.3, 0.4) is 0 Å². The van der Waals surface area contributed by atoms with Gasteiger partial charge in [-0.3, -0.25) is 9.69 Å². The Kier molecular flexibility index (Phi) is 8.06. The summed E-state index contributed by atoms with van der Waals surface area (Å²) in [5.41, 5.74) is 1.88. The lowest BCUT2D eigenvalue weighted by molar-refractivity contribution is -0.126. The number of fused-ring (bicyclic) bond motifs is 1. The van der Waals surface area contributed by atoms with E-state index in [2.05, 4.69) is 52.7 Å². The van der Waals surface area contributed by atoms with Crippen LogP contribution in [0.15, 0.2) is 60.7 Å². The van der Waals surface area contributed by atoms with E-state index in [4.69, 9.17) is 11.6 Å². The number of amides is 1. The Morgan fingerprint density at radius 3 is 2.62 bits per heavy atom. The molecule has 6 heteroatoms. The lowest BCUT2D eigenvalue weighted by atomic mass is 9.95. The molecule has 0 atom stereocenters. The summed E-state index contributed by atoms with van der Waals surface area (Å²) in [4.78, 5) is 15.0. The molecule has 1 aliphatic rings. The lowest BCUT2D eigenvalue weighted by Crippen LogP contribution is -2.40. The van der Waals surface area contributed by atoms with E-state index in [0.717, 1.165) is 38.2 Å². The van der Waals surface area contributed by atoms with Gasteiger partial charge < -0.3 is 5.32 Å². The Bertz CT molecular complexity index is 1040. The number of halogens is 2. The summed E-state index contributed by atoms with van der Waals surface area (Å²) >= 11 is 7.64. The average Bonchev–Trinajstić information content (AvgIpc) is 2.81. The fourth-order valence-electron chi connectivity index (χ4n) is 4.26. The summed E-state index contributed by atoms with van der Waals surface area (Å²) in [5.74, 6) is 1.18. The number of hydrogen-bond donors (Lipinski definition) is 1. The van der Waals surface area contributed by atoms with Gasteiger partial charge in [-0.05, 0) is 54.4 Å². The number of carbonyl (C=O) groups is 1. The van der Waals surface area contributed by atoms with Crippen LogP contribution in [0.25, 0.3) is 10.8 Å². The van der Waals surface area contributed by atoms with Crippen molar-refractivity contribution in [3.8, 4) is 0 Å². The van der Waals surface area contributed by atoms with Crippen molar-refractivity contribution in [3.63, 3.8) is 0 Å². The van der Waals surface area contributed by atoms with Crippen LogP contribution in [-0.4, -0.2) is 36.2 Å². The first-order valence-corrected chi connectivity index (χ1v) is 12.6. The Morgan fingerprint density at radius 1 is 1.06 bits per heavy atom. The molecule has 0 bridgehead atoms. The normalized spacial score (nSPS) is 15.2. The highest BCUT2D eigenvalue weighted by Crippen LogP contribution is 2.25. The van der Waals surface area contributed by atoms with E-state index < -0.39 is 0 Å². The Morgan fingerprint density at radius 2 is 1.81 bits per heavy atom. The Balaban J connectivity index is 1.18. The maximum absolute atomic E-state index is 13.8. The van der Waals surface area contributed by atoms with E-state index in [1.165, 1.54) is 22.4 Å². The van der Waals surface area contributed by atoms with Crippen molar-refractivity contribution in [3.05, 3.63) is 82.6 Å². The van der Waals surface area contributed by atoms with Crippen LogP contribution >= 0.6 is 23.4 Å². The maximum atomic E-state index is 13.8. The average molecular weight is 471 g/mol. The van der Waals surface area contributed by atoms with Gasteiger partial charge in [-0.25, -0.2) is 4.39 Å². The highest BCUT2D eigenvalue weighted by Gasteiger charge is 2.25. The van der Waals surface area contributed by atoms with E-state index >= 15 is 0 Å². The molecule has 1 fully saturated rings. The van der Waals surface area contributed by atoms with Gasteiger partial charge >= 0.3 is 0 Å². The second kappa shape index (κ2) is 11.2. The molecule has 0 aliphatic carbocycles. The number of benzene rings is 3. The van der Waals surface area contributed by atoms with Crippen LogP contribution in [0.2, 0.25) is 5.02 Å². The molecule has 0 spiro atoms. The van der Waals surface area contributed by atoms with Gasteiger partial charge in [0.15, 0.2) is 0 Å². The molecule has 3 nitrogen and oxygen atoms in total. The highest BCUT2D eigenvalue weighted by atomic mass is 35.5. The fourth-order valence-corrected chi connectivity index (χ4v) is 5.46. The number of carbonyl (C=O) groups excluding carboxylic acids is 1. The first-order chi connectivity index (χ1) is 15.6. The SMILES string of the molecule is O=C(NCCSCc1c(F)cccc1Cl)C1CCN(Cc2cccc3ccccc23)CC1. The van der Waals surface area contributed by atoms with Gasteiger partial charge in [-0.2, -0.15) is 11.8 Å². The van der Waals surface area contributed by atoms with Gasteiger partial charge in [0.05, 0.1) is 0 Å². The van der Waals surface area contributed by atoms with E-state index in [1.54, 1.807) is 23.9 Å². The van der Waals surface area contributed by atoms with Crippen molar-refractivity contribution in [2.75, 3.05) is 25.4 Å². The molecule has 0 saturated carbocycles. The summed E-state index contributed by atoms with van der Waals surface area (Å²) < 4.78 is 13.8. The molecule has 168 valence electrons. The molecular formula is C26H28ClFN2OS. The van der Waals surface area contributed by atoms with E-state index in [0.29, 0.717) is 22.9 Å². The van der Waals surface area contributed by atoms with Crippen molar-refractivity contribution in [2.45, 2.75) is 25.1 Å². The zero-order chi connectivity index (χ0) is 22.3. The molecule has 4 rings (SSSR count). The summed E-state index contributed by atoms with van der Waals surface area (Å²) in [6, 6.07) is 19.7. The maximum Gasteiger partial charge on any atom is 0.223 e. The third-order valence-corrected chi connectivity index (χ3v) is 7.43. The second-order valence-corrected chi connectivity index (χ2v) is 9.74. The fraction of sp³-hybridized carbons (Fsp3) is 0.346. The first-order valence-electron chi connectivity index (χ1n) is 11.1. The standard InChI is InChI=1S/C26H28ClFN2OS/c27-24-9-4-10-25(28)23(24)18-32-16-13-29-26(31)20-11-14-30(15-12-20)17-21-7-3-6-19-5-1-2-8-22(19)21/h1-10,20H,11-18H2,(H,29,31). The molecule has 3 aromatic carbocycles. The molecule has 0 aromatic heterocycles. The van der Waals surface area contributed by atoms with Crippen LogP contribution < -0.4 is 5.32 Å². The molecule has 1 saturated heterocycles. The third-order valence-electron chi connectivity index (χ3n) is 6.09. The third kappa shape index (κ3) is 5.83. The predicted octanol–water partition coefficient (Wildman–Crippen LogP) is 5.89. The molecule has 1 N–H and O–H groups in total. The minimum atomic E-state index is -0.274. The minimum Gasteiger partial charge on any atom is -0.355 e. The van der Waals surface area contributed by atoms with Gasteiger partial charge in [0.2, 0.25) is 5.91 Å². The van der Waals surface area contributed by atoms with Crippen LogP contribution in [0.4, 0.5) is 4.39 Å². The largest absolute Gasteiger partial charge is 0.355 e. The minimum absolute atomic E-state index is 0.0739. The summed E-state index contributed by atoms with van der Waals surface area (Å²) in [6.07, 6.45) is 1.77. The molecule has 1 aliphatic heterocycles. The zero-order valence-electron chi connectivity index (χ0n) is 18.0. The number of nitrogens with zero attached hydrogens (tertiary/aromatic N) is 1. The summed E-state index contributed by atoms with van der Waals surface area (Å²) in [5, 5.41) is 6.09. The highest BCUT2D eigenvalue weighted by molar-refractivity contribution is 7.98. The molecule has 32 heavy (non-hydrogen) atoms. The lowest BCUT2D eigenvalue weighted by Gasteiger charge is -2.31. The smallest absolute Gasteiger partial charge is 0.223 e. The van der Waals surface area contributed by atoms with Crippen LogP contribution in [0, 0.1) is 11.7 Å². The molecule has 1 amide bonds. The number of piperidine rings is 1. The van der Waals surface area contributed by atoms with E-state index in [-0.39, 0.29) is 17.6 Å². The molecule has 0 unspecified atom stereocenters. The number of rotatable bonds is 8. The zero-order valence-corrected chi connectivity index (χ0v) is 19.6. The summed E-state index contributed by atoms with van der Waals surface area (Å²) in [7, 11) is 0. The molecule has 0 radical (unpaired) electrons. The quantitative estimate of drug-likeness (QED) is 0.416. The second-order valence-electron chi connectivity index (χ2n) is 8.23. The van der Waals surface area contributed by atoms with Gasteiger partial charge in [-0.1, -0.05) is 60.1 Å². The molecular weight excluding hydrogens is 443 g/mol. The number of hydrogen-bond acceptors (Lipinski definition) is 3. The van der Waals surface area contributed by atoms with Crippen LogP contribution in [0.1, 0.15) is 24.0 Å². The molecule has 3 aromatic rings. The van der Waals surface area contributed by atoms with Gasteiger partial charge in [0.1, 0.15) is 5.82 Å². The molecule has 1 heterocycles. The van der Waals surface area contributed by atoms with E-state index in [9.17, 15) is 9.18 Å². The first kappa shape index (κ1) is 23.1. The van der Waals surface area contributed by atoms with Crippen molar-refractivity contribution in [1.29, 1.82) is 0 Å².